The number of benzene rings is 2. The third-order valence-corrected chi connectivity index (χ3v) is 20.7. The van der Waals surface area contributed by atoms with E-state index >= 15 is 0 Å². The van der Waals surface area contributed by atoms with Crippen LogP contribution in [0.5, 0.6) is 23.0 Å². The van der Waals surface area contributed by atoms with Crippen molar-refractivity contribution in [3.63, 3.8) is 0 Å². The van der Waals surface area contributed by atoms with Crippen molar-refractivity contribution >= 4 is 0 Å². The standard InChI is InChI=1S/2C9H13.2C7H8O2.Zr/c2*1-6-5-7(2)9(4)8(6)3;2*1-9-7-4-2-6(8)3-5-7;/h2*5H,1-4H3;2*2-5,8H,1H3;/q;;;;+2/p-2. The molecule has 0 amide bonds. The summed E-state index contributed by atoms with van der Waals surface area (Å²) in [4.78, 5) is 0. The van der Waals surface area contributed by atoms with Crippen LogP contribution in [0.3, 0.4) is 0 Å². The van der Waals surface area contributed by atoms with Crippen LogP contribution in [0.1, 0.15) is 55.4 Å². The molecule has 2 aromatic rings. The van der Waals surface area contributed by atoms with Crippen molar-refractivity contribution in [1.82, 2.24) is 0 Å². The van der Waals surface area contributed by atoms with Crippen molar-refractivity contribution in [2.75, 3.05) is 14.2 Å². The molecule has 2 atom stereocenters. The third kappa shape index (κ3) is 4.34. The van der Waals surface area contributed by atoms with Crippen molar-refractivity contribution in [1.29, 1.82) is 0 Å². The van der Waals surface area contributed by atoms with Gasteiger partial charge in [0.05, 0.1) is 0 Å². The fourth-order valence-electron chi connectivity index (χ4n) is 5.96. The van der Waals surface area contributed by atoms with Crippen LogP contribution in [0.15, 0.2) is 94.1 Å². The Bertz CT molecular complexity index is 1210. The fourth-order valence-corrected chi connectivity index (χ4v) is 18.4. The SMILES string of the molecule is COc1ccc([O][Zr]([O]c2ccc(OC)cc2)([C]2(C)C=C(C)C(C)=C2C)[C]2(C)C=C(C)C(C)=C2C)cc1. The first-order valence-electron chi connectivity index (χ1n) is 12.8. The zero-order chi connectivity index (χ0) is 27.2. The van der Waals surface area contributed by atoms with E-state index in [1.54, 1.807) is 14.2 Å². The zero-order valence-electron chi connectivity index (χ0n) is 23.9. The summed E-state index contributed by atoms with van der Waals surface area (Å²) in [5.74, 6) is 3.21. The molecular weight excluding hydrogens is 540 g/mol. The van der Waals surface area contributed by atoms with Gasteiger partial charge < -0.3 is 0 Å². The van der Waals surface area contributed by atoms with Crippen LogP contribution < -0.4 is 15.1 Å². The molecule has 5 heteroatoms. The molecule has 0 heterocycles. The number of methoxy groups -OCH3 is 2. The molecule has 0 bridgehead atoms. The van der Waals surface area contributed by atoms with Gasteiger partial charge in [-0.15, -0.1) is 0 Å². The van der Waals surface area contributed by atoms with Gasteiger partial charge in [0.1, 0.15) is 0 Å². The minimum absolute atomic E-state index is 0.375. The van der Waals surface area contributed by atoms with Crippen molar-refractivity contribution in [3.05, 3.63) is 94.1 Å². The van der Waals surface area contributed by atoms with E-state index in [2.05, 4.69) is 67.5 Å². The van der Waals surface area contributed by atoms with Crippen molar-refractivity contribution in [2.45, 2.75) is 61.6 Å². The molecule has 2 aliphatic carbocycles. The van der Waals surface area contributed by atoms with E-state index in [9.17, 15) is 0 Å². The first-order chi connectivity index (χ1) is 17.4. The van der Waals surface area contributed by atoms with Crippen LogP contribution in [0.2, 0.25) is 6.25 Å². The van der Waals surface area contributed by atoms with E-state index in [4.69, 9.17) is 15.1 Å². The number of rotatable bonds is 8. The van der Waals surface area contributed by atoms with E-state index < -0.39 is 21.1 Å². The van der Waals surface area contributed by atoms with Gasteiger partial charge in [0, 0.05) is 0 Å². The number of ether oxygens (including phenoxy) is 2. The molecule has 0 saturated heterocycles. The molecule has 0 N–H and O–H groups in total. The van der Waals surface area contributed by atoms with E-state index in [1.807, 2.05) is 48.5 Å². The Hall–Kier alpha value is -2.52. The maximum atomic E-state index is 7.41. The van der Waals surface area contributed by atoms with Crippen LogP contribution in [0, 0.1) is 0 Å². The zero-order valence-corrected chi connectivity index (χ0v) is 26.4. The summed E-state index contributed by atoms with van der Waals surface area (Å²) in [6.45, 7) is 18.0. The normalized spacial score (nSPS) is 23.7. The molecule has 0 radical (unpaired) electrons. The molecule has 37 heavy (non-hydrogen) atoms. The second-order valence-corrected chi connectivity index (χ2v) is 19.9. The Balaban J connectivity index is 2.03. The van der Waals surface area contributed by atoms with Crippen LogP contribution in [0.4, 0.5) is 0 Å². The Morgan fingerprint density at radius 1 is 0.514 bits per heavy atom. The molecule has 0 saturated carbocycles. The van der Waals surface area contributed by atoms with Gasteiger partial charge in [0.2, 0.25) is 0 Å². The monoisotopic (exact) mass is 578 g/mol. The number of hydrogen-bond acceptors (Lipinski definition) is 4. The van der Waals surface area contributed by atoms with Crippen molar-refractivity contribution in [2.24, 2.45) is 0 Å². The second-order valence-electron chi connectivity index (χ2n) is 10.7. The van der Waals surface area contributed by atoms with E-state index in [0.717, 1.165) is 23.0 Å². The molecule has 4 rings (SSSR count). The van der Waals surface area contributed by atoms with Crippen LogP contribution in [-0.2, 0) is 21.1 Å². The molecule has 2 aliphatic rings. The van der Waals surface area contributed by atoms with Gasteiger partial charge in [-0.3, -0.25) is 0 Å². The molecule has 4 nitrogen and oxygen atoms in total. The second kappa shape index (κ2) is 9.99. The van der Waals surface area contributed by atoms with Gasteiger partial charge in [0.15, 0.2) is 0 Å². The van der Waals surface area contributed by atoms with Gasteiger partial charge in [-0.25, -0.2) is 0 Å². The fraction of sp³-hybridized carbons (Fsp3) is 0.375. The van der Waals surface area contributed by atoms with E-state index in [-0.39, 0.29) is 6.25 Å². The molecule has 0 spiro atoms. The number of hydrogen-bond donors (Lipinski definition) is 0. The Morgan fingerprint density at radius 3 is 1.05 bits per heavy atom. The first-order valence-corrected chi connectivity index (χ1v) is 17.3. The maximum absolute atomic E-state index is 7.41. The van der Waals surface area contributed by atoms with Crippen molar-refractivity contribution < 1.29 is 36.2 Å². The van der Waals surface area contributed by atoms with Crippen molar-refractivity contribution in [3.8, 4) is 23.0 Å². The molecule has 2 aromatic carbocycles. The molecule has 0 aromatic heterocycles. The summed E-state index contributed by atoms with van der Waals surface area (Å²) < 4.78 is 24.9. The Morgan fingerprint density at radius 2 is 0.811 bits per heavy atom. The molecule has 0 fully saturated rings. The molecular formula is C32H40O4Zr. The van der Waals surface area contributed by atoms with Gasteiger partial charge >= 0.3 is 229 Å². The van der Waals surface area contributed by atoms with Crippen LogP contribution in [0.25, 0.3) is 0 Å². The average molecular weight is 580 g/mol. The topological polar surface area (TPSA) is 36.9 Å². The summed E-state index contributed by atoms with van der Waals surface area (Å²) in [5.41, 5.74) is 7.87. The summed E-state index contributed by atoms with van der Waals surface area (Å²) in [6.07, 6.45) is 4.83. The predicted octanol–water partition coefficient (Wildman–Crippen LogP) is 9.10. The Labute approximate surface area is 228 Å². The van der Waals surface area contributed by atoms with Gasteiger partial charge in [-0.05, 0) is 0 Å². The molecule has 196 valence electrons. The summed E-state index contributed by atoms with van der Waals surface area (Å²) in [6, 6.07) is 15.8. The van der Waals surface area contributed by atoms with Crippen LogP contribution >= 0.6 is 0 Å². The summed E-state index contributed by atoms with van der Waals surface area (Å²) in [7, 11) is 3.36. The average Bonchev–Trinajstić information content (AvgIpc) is 3.23. The van der Waals surface area contributed by atoms with Gasteiger partial charge in [0.25, 0.3) is 0 Å². The predicted molar refractivity (Wildman–Crippen MR) is 148 cm³/mol. The van der Waals surface area contributed by atoms with Gasteiger partial charge in [-0.1, -0.05) is 0 Å². The van der Waals surface area contributed by atoms with E-state index in [1.165, 1.54) is 33.4 Å². The summed E-state index contributed by atoms with van der Waals surface area (Å²) in [5, 5.41) is 0. The van der Waals surface area contributed by atoms with Crippen LogP contribution in [-0.4, -0.2) is 14.2 Å². The Kier molecular flexibility index (Phi) is 7.43. The number of allylic oxidation sites excluding steroid dienone is 8. The van der Waals surface area contributed by atoms with E-state index in [0.29, 0.717) is 0 Å². The molecule has 0 aliphatic heterocycles. The first kappa shape index (κ1) is 27.5. The third-order valence-electron chi connectivity index (χ3n) is 8.89. The minimum atomic E-state index is -4.49. The van der Waals surface area contributed by atoms with Gasteiger partial charge in [-0.2, -0.15) is 0 Å². The quantitative estimate of drug-likeness (QED) is 0.313. The summed E-state index contributed by atoms with van der Waals surface area (Å²) >= 11 is -4.49. The molecule has 2 unspecified atom stereocenters.